The van der Waals surface area contributed by atoms with Gasteiger partial charge in [-0.3, -0.25) is 0 Å². The van der Waals surface area contributed by atoms with Gasteiger partial charge >= 0.3 is 0 Å². The molecule has 0 unspecified atom stereocenters. The number of hydrogen-bond acceptors (Lipinski definition) is 8. The molecule has 168 valence electrons. The molecule has 0 saturated heterocycles. The number of aryl methyl sites for hydroxylation is 1. The van der Waals surface area contributed by atoms with Gasteiger partial charge in [-0.15, -0.1) is 11.3 Å². The highest BCUT2D eigenvalue weighted by Gasteiger charge is 2.39. The lowest BCUT2D eigenvalue weighted by Crippen LogP contribution is -2.33. The minimum Gasteiger partial charge on any atom is -0.474 e. The maximum Gasteiger partial charge on any atom is 0.230 e. The first kappa shape index (κ1) is 21.3. The molecule has 0 amide bonds. The van der Waals surface area contributed by atoms with Gasteiger partial charge < -0.3 is 20.9 Å². The minimum atomic E-state index is -0.731. The molecule has 0 bridgehead atoms. The number of aliphatic hydroxyl groups is 1. The molecular formula is C24H29N5O2S. The van der Waals surface area contributed by atoms with Crippen molar-refractivity contribution in [2.75, 3.05) is 5.32 Å². The van der Waals surface area contributed by atoms with Crippen LogP contribution in [0.5, 0.6) is 5.88 Å². The van der Waals surface area contributed by atoms with Crippen LogP contribution in [-0.4, -0.2) is 32.2 Å². The molecule has 2 aliphatic carbocycles. The van der Waals surface area contributed by atoms with Gasteiger partial charge in [0.2, 0.25) is 11.8 Å². The predicted octanol–water partition coefficient (Wildman–Crippen LogP) is 4.67. The zero-order valence-electron chi connectivity index (χ0n) is 18.3. The Labute approximate surface area is 192 Å². The minimum absolute atomic E-state index is 0.161. The zero-order valence-corrected chi connectivity index (χ0v) is 19.1. The molecule has 1 aromatic carbocycles. The first-order valence-corrected chi connectivity index (χ1v) is 12.1. The Morgan fingerprint density at radius 2 is 1.97 bits per heavy atom. The van der Waals surface area contributed by atoms with Crippen molar-refractivity contribution in [3.05, 3.63) is 47.2 Å². The van der Waals surface area contributed by atoms with E-state index < -0.39 is 5.60 Å². The van der Waals surface area contributed by atoms with Crippen molar-refractivity contribution in [2.45, 2.75) is 69.6 Å². The molecule has 0 atom stereocenters. The molecule has 2 saturated carbocycles. The highest BCUT2D eigenvalue weighted by atomic mass is 32.1. The molecule has 3 aromatic rings. The molecule has 8 heteroatoms. The van der Waals surface area contributed by atoms with Gasteiger partial charge in [-0.1, -0.05) is 6.07 Å². The lowest BCUT2D eigenvalue weighted by molar-refractivity contribution is -0.0389. The molecule has 0 spiro atoms. The quantitative estimate of drug-likeness (QED) is 0.500. The standard InChI is InChI=1S/C24H29N5O2S/c1-15-11-16(20-14-27-22(32-20)24(30)8-2-9-24)13-18(12-15)28-23-26-10-7-21(29-23)31-19-5-3-17(25)4-6-19/h7,10-14,17,19,30H,2-6,8-9,25H2,1H3,(H,26,28,29). The number of nitrogens with one attached hydrogen (secondary N) is 1. The lowest BCUT2D eigenvalue weighted by Gasteiger charge is -2.34. The fourth-order valence-electron chi connectivity index (χ4n) is 4.32. The van der Waals surface area contributed by atoms with Crippen molar-refractivity contribution >= 4 is 23.0 Å². The summed E-state index contributed by atoms with van der Waals surface area (Å²) in [7, 11) is 0. The van der Waals surface area contributed by atoms with Gasteiger partial charge in [0.15, 0.2) is 0 Å². The van der Waals surface area contributed by atoms with E-state index in [1.54, 1.807) is 23.6 Å². The Morgan fingerprint density at radius 1 is 1.16 bits per heavy atom. The Balaban J connectivity index is 1.31. The van der Waals surface area contributed by atoms with Crippen LogP contribution < -0.4 is 15.8 Å². The average Bonchev–Trinajstić information content (AvgIpc) is 3.24. The zero-order chi connectivity index (χ0) is 22.1. The van der Waals surface area contributed by atoms with E-state index in [9.17, 15) is 5.11 Å². The Bertz CT molecular complexity index is 1090. The third-order valence-corrected chi connectivity index (χ3v) is 7.58. The highest BCUT2D eigenvalue weighted by molar-refractivity contribution is 7.15. The molecule has 0 radical (unpaired) electrons. The second-order valence-corrected chi connectivity index (χ2v) is 10.0. The van der Waals surface area contributed by atoms with Gasteiger partial charge in [0.25, 0.3) is 0 Å². The van der Waals surface area contributed by atoms with Crippen LogP contribution >= 0.6 is 11.3 Å². The summed E-state index contributed by atoms with van der Waals surface area (Å²) in [5, 5.41) is 14.7. The largest absolute Gasteiger partial charge is 0.474 e. The van der Waals surface area contributed by atoms with E-state index in [1.165, 1.54) is 0 Å². The SMILES string of the molecule is Cc1cc(Nc2nccc(OC3CCC(N)CC3)n2)cc(-c2cnc(C3(O)CCC3)s2)c1. The number of thiazole rings is 1. The second-order valence-electron chi connectivity index (χ2n) is 9.00. The van der Waals surface area contributed by atoms with Gasteiger partial charge in [0, 0.05) is 30.2 Å². The van der Waals surface area contributed by atoms with E-state index in [-0.39, 0.29) is 6.10 Å². The first-order valence-electron chi connectivity index (χ1n) is 11.3. The molecule has 2 aromatic heterocycles. The number of nitrogens with zero attached hydrogens (tertiary/aromatic N) is 3. The maximum atomic E-state index is 10.6. The van der Waals surface area contributed by atoms with Crippen molar-refractivity contribution < 1.29 is 9.84 Å². The van der Waals surface area contributed by atoms with Crippen LogP contribution in [0.25, 0.3) is 10.4 Å². The first-order chi connectivity index (χ1) is 15.5. The number of ether oxygens (including phenoxy) is 1. The van der Waals surface area contributed by atoms with Crippen molar-refractivity contribution in [3.63, 3.8) is 0 Å². The van der Waals surface area contributed by atoms with Crippen LogP contribution in [0.2, 0.25) is 0 Å². The van der Waals surface area contributed by atoms with Gasteiger partial charge in [0.05, 0.1) is 4.88 Å². The van der Waals surface area contributed by atoms with Crippen LogP contribution in [0.3, 0.4) is 0 Å². The molecular weight excluding hydrogens is 422 g/mol. The van der Waals surface area contributed by atoms with Crippen molar-refractivity contribution in [1.29, 1.82) is 0 Å². The van der Waals surface area contributed by atoms with Crippen molar-refractivity contribution in [3.8, 4) is 16.3 Å². The van der Waals surface area contributed by atoms with E-state index in [2.05, 4.69) is 45.4 Å². The summed E-state index contributed by atoms with van der Waals surface area (Å²) in [6.45, 7) is 2.06. The van der Waals surface area contributed by atoms with Crippen LogP contribution in [-0.2, 0) is 5.60 Å². The van der Waals surface area contributed by atoms with Crippen LogP contribution in [0.4, 0.5) is 11.6 Å². The molecule has 2 aliphatic rings. The third kappa shape index (κ3) is 4.62. The summed E-state index contributed by atoms with van der Waals surface area (Å²) in [6, 6.07) is 8.34. The van der Waals surface area contributed by atoms with E-state index in [1.807, 2.05) is 6.20 Å². The number of anilines is 2. The van der Waals surface area contributed by atoms with E-state index in [0.29, 0.717) is 17.9 Å². The van der Waals surface area contributed by atoms with Crippen molar-refractivity contribution in [1.82, 2.24) is 15.0 Å². The number of nitrogens with two attached hydrogens (primary N) is 1. The topological polar surface area (TPSA) is 106 Å². The second kappa shape index (κ2) is 8.77. The van der Waals surface area contributed by atoms with Crippen molar-refractivity contribution in [2.24, 2.45) is 5.73 Å². The van der Waals surface area contributed by atoms with E-state index in [0.717, 1.165) is 71.6 Å². The monoisotopic (exact) mass is 451 g/mol. The molecule has 2 heterocycles. The smallest absolute Gasteiger partial charge is 0.230 e. The average molecular weight is 452 g/mol. The summed E-state index contributed by atoms with van der Waals surface area (Å²) >= 11 is 1.57. The third-order valence-electron chi connectivity index (χ3n) is 6.34. The Morgan fingerprint density at radius 3 is 2.72 bits per heavy atom. The Kier molecular flexibility index (Phi) is 5.84. The number of aromatic nitrogens is 3. The van der Waals surface area contributed by atoms with Crippen LogP contribution in [0, 0.1) is 6.92 Å². The molecule has 4 N–H and O–H groups in total. The fourth-order valence-corrected chi connectivity index (χ4v) is 5.37. The summed E-state index contributed by atoms with van der Waals surface area (Å²) in [5.74, 6) is 1.08. The molecule has 7 nitrogen and oxygen atoms in total. The molecule has 0 aliphatic heterocycles. The number of rotatable bonds is 6. The van der Waals surface area contributed by atoms with Crippen LogP contribution in [0.15, 0.2) is 36.7 Å². The summed E-state index contributed by atoms with van der Waals surface area (Å²) in [6.07, 6.45) is 10.3. The lowest BCUT2D eigenvalue weighted by atomic mass is 9.81. The highest BCUT2D eigenvalue weighted by Crippen LogP contribution is 2.44. The molecule has 32 heavy (non-hydrogen) atoms. The van der Waals surface area contributed by atoms with E-state index in [4.69, 9.17) is 10.5 Å². The van der Waals surface area contributed by atoms with Crippen LogP contribution in [0.1, 0.15) is 55.5 Å². The fraction of sp³-hybridized carbons (Fsp3) is 0.458. The van der Waals surface area contributed by atoms with Gasteiger partial charge in [-0.05, 0) is 75.1 Å². The maximum absolute atomic E-state index is 10.6. The normalized spacial score (nSPS) is 22.2. The number of hydrogen-bond donors (Lipinski definition) is 3. The predicted molar refractivity (Wildman–Crippen MR) is 126 cm³/mol. The van der Waals surface area contributed by atoms with E-state index >= 15 is 0 Å². The van der Waals surface area contributed by atoms with Gasteiger partial charge in [-0.25, -0.2) is 9.97 Å². The summed E-state index contributed by atoms with van der Waals surface area (Å²) in [4.78, 5) is 14.5. The molecule has 2 fully saturated rings. The van der Waals surface area contributed by atoms with Gasteiger partial charge in [-0.2, -0.15) is 4.98 Å². The summed E-state index contributed by atoms with van der Waals surface area (Å²) < 4.78 is 6.07. The number of benzene rings is 1. The summed E-state index contributed by atoms with van der Waals surface area (Å²) in [5.41, 5.74) is 8.34. The van der Waals surface area contributed by atoms with Gasteiger partial charge in [0.1, 0.15) is 16.7 Å². The molecule has 5 rings (SSSR count). The Hall–Kier alpha value is -2.55.